The molecular weight excluding hydrogens is 264 g/mol. The second-order valence-electron chi connectivity index (χ2n) is 4.29. The molecule has 112 valence electrons. The number of ether oxygens (including phenoxy) is 2. The van der Waals surface area contributed by atoms with Crippen LogP contribution >= 0.6 is 0 Å². The molecule has 0 radical (unpaired) electrons. The average molecular weight is 284 g/mol. The molecule has 0 N–H and O–H groups in total. The van der Waals surface area contributed by atoms with Gasteiger partial charge in [-0.05, 0) is 13.8 Å². The van der Waals surface area contributed by atoms with Crippen LogP contribution in [-0.2, 0) is 28.7 Å². The first-order valence-electron chi connectivity index (χ1n) is 6.43. The summed E-state index contributed by atoms with van der Waals surface area (Å²) in [5.41, 5.74) is 0. The molecule has 0 saturated heterocycles. The van der Waals surface area contributed by atoms with E-state index in [0.29, 0.717) is 19.0 Å². The molecule has 0 rings (SSSR count). The molecule has 0 aromatic heterocycles. The fourth-order valence-corrected chi connectivity index (χ4v) is 1.29. The maximum Gasteiger partial charge on any atom is 0.330 e. The van der Waals surface area contributed by atoms with E-state index < -0.39 is 18.0 Å². The molecule has 0 aliphatic rings. The Morgan fingerprint density at radius 2 is 1.65 bits per heavy atom. The molecule has 0 spiro atoms. The van der Waals surface area contributed by atoms with Crippen molar-refractivity contribution < 1.29 is 28.7 Å². The monoisotopic (exact) mass is 284 g/mol. The molecule has 0 aromatic rings. The highest BCUT2D eigenvalue weighted by atomic mass is 16.5. The molecule has 0 heterocycles. The lowest BCUT2D eigenvalue weighted by Gasteiger charge is -2.10. The summed E-state index contributed by atoms with van der Waals surface area (Å²) in [4.78, 5) is 42.8. The number of hydrogen-bond acceptors (Lipinski definition) is 6. The first-order chi connectivity index (χ1) is 9.49. The molecular formula is C14H20O6. The van der Waals surface area contributed by atoms with Crippen LogP contribution in [0.15, 0.2) is 12.2 Å². The fraction of sp³-hybridized carbons (Fsp3) is 0.571. The van der Waals surface area contributed by atoms with E-state index in [1.54, 1.807) is 13.8 Å². The van der Waals surface area contributed by atoms with E-state index >= 15 is 0 Å². The number of carbonyl (C=O) groups excluding carboxylic acids is 4. The van der Waals surface area contributed by atoms with Crippen molar-refractivity contribution in [2.45, 2.75) is 51.7 Å². The van der Waals surface area contributed by atoms with E-state index in [1.807, 2.05) is 0 Å². The molecule has 6 nitrogen and oxygen atoms in total. The standard InChI is InChI=1S/C14H20O6/c1-11(19-14(18)7-4-9-15)5-3-6-13(17)20-12(2)8-10-16/h3,6,9-12H,4-5,7-8H2,1-2H3/b6-3+/t11-,12-/m0/s1. The summed E-state index contributed by atoms with van der Waals surface area (Å²) in [5.74, 6) is -0.987. The summed E-state index contributed by atoms with van der Waals surface area (Å²) in [6, 6.07) is 0. The van der Waals surface area contributed by atoms with Gasteiger partial charge in [0.05, 0.1) is 6.42 Å². The second kappa shape index (κ2) is 10.9. The Morgan fingerprint density at radius 3 is 2.25 bits per heavy atom. The van der Waals surface area contributed by atoms with Crippen LogP contribution in [-0.4, -0.2) is 36.7 Å². The molecule has 0 fully saturated rings. The molecule has 0 aliphatic heterocycles. The first kappa shape index (κ1) is 18.0. The highest BCUT2D eigenvalue weighted by Crippen LogP contribution is 2.03. The lowest BCUT2D eigenvalue weighted by atomic mass is 10.2. The van der Waals surface area contributed by atoms with Gasteiger partial charge >= 0.3 is 11.9 Å². The van der Waals surface area contributed by atoms with Crippen molar-refractivity contribution in [2.24, 2.45) is 0 Å². The highest BCUT2D eigenvalue weighted by Gasteiger charge is 2.09. The summed E-state index contributed by atoms with van der Waals surface area (Å²) in [5, 5.41) is 0. The topological polar surface area (TPSA) is 86.7 Å². The molecule has 0 aromatic carbocycles. The Bertz CT molecular complexity index is 361. The van der Waals surface area contributed by atoms with Gasteiger partial charge in [0.25, 0.3) is 0 Å². The summed E-state index contributed by atoms with van der Waals surface area (Å²) in [6.45, 7) is 3.31. The van der Waals surface area contributed by atoms with Crippen molar-refractivity contribution in [3.63, 3.8) is 0 Å². The van der Waals surface area contributed by atoms with Crippen LogP contribution in [0, 0.1) is 0 Å². The van der Waals surface area contributed by atoms with Crippen molar-refractivity contribution in [3.05, 3.63) is 12.2 Å². The minimum atomic E-state index is -0.543. The third-order valence-electron chi connectivity index (χ3n) is 2.27. The normalized spacial score (nSPS) is 13.5. The molecule has 20 heavy (non-hydrogen) atoms. The van der Waals surface area contributed by atoms with Gasteiger partial charge in [0.2, 0.25) is 0 Å². The van der Waals surface area contributed by atoms with Crippen LogP contribution < -0.4 is 0 Å². The molecule has 2 atom stereocenters. The van der Waals surface area contributed by atoms with Gasteiger partial charge in [-0.1, -0.05) is 6.08 Å². The van der Waals surface area contributed by atoms with Crippen molar-refractivity contribution in [1.82, 2.24) is 0 Å². The van der Waals surface area contributed by atoms with Gasteiger partial charge in [-0.3, -0.25) is 4.79 Å². The lowest BCUT2D eigenvalue weighted by molar-refractivity contribution is -0.148. The highest BCUT2D eigenvalue weighted by molar-refractivity contribution is 5.82. The maximum absolute atomic E-state index is 11.3. The molecule has 6 heteroatoms. The Labute approximate surface area is 118 Å². The zero-order chi connectivity index (χ0) is 15.4. The molecule has 0 unspecified atom stereocenters. The largest absolute Gasteiger partial charge is 0.462 e. The third-order valence-corrected chi connectivity index (χ3v) is 2.27. The van der Waals surface area contributed by atoms with E-state index in [4.69, 9.17) is 9.47 Å². The smallest absolute Gasteiger partial charge is 0.330 e. The Hall–Kier alpha value is -1.98. The number of carbonyl (C=O) groups is 4. The van der Waals surface area contributed by atoms with Crippen molar-refractivity contribution >= 4 is 24.5 Å². The van der Waals surface area contributed by atoms with Crippen molar-refractivity contribution in [3.8, 4) is 0 Å². The molecule has 0 aliphatic carbocycles. The zero-order valence-corrected chi connectivity index (χ0v) is 11.7. The van der Waals surface area contributed by atoms with Gasteiger partial charge < -0.3 is 19.1 Å². The Balaban J connectivity index is 3.92. The van der Waals surface area contributed by atoms with Gasteiger partial charge in [0.1, 0.15) is 24.8 Å². The molecule has 0 bridgehead atoms. The van der Waals surface area contributed by atoms with Gasteiger partial charge in [-0.15, -0.1) is 0 Å². The van der Waals surface area contributed by atoms with E-state index in [-0.39, 0.29) is 25.4 Å². The molecule has 0 amide bonds. The van der Waals surface area contributed by atoms with Gasteiger partial charge in [-0.2, -0.15) is 0 Å². The third kappa shape index (κ3) is 9.99. The fourth-order valence-electron chi connectivity index (χ4n) is 1.29. The number of esters is 2. The Kier molecular flexibility index (Phi) is 9.82. The maximum atomic E-state index is 11.3. The van der Waals surface area contributed by atoms with E-state index in [2.05, 4.69) is 0 Å². The van der Waals surface area contributed by atoms with Gasteiger partial charge in [-0.25, -0.2) is 4.79 Å². The van der Waals surface area contributed by atoms with Crippen LogP contribution in [0.5, 0.6) is 0 Å². The average Bonchev–Trinajstić information content (AvgIpc) is 2.36. The first-order valence-corrected chi connectivity index (χ1v) is 6.43. The number of hydrogen-bond donors (Lipinski definition) is 0. The minimum Gasteiger partial charge on any atom is -0.462 e. The van der Waals surface area contributed by atoms with Crippen LogP contribution in [0.3, 0.4) is 0 Å². The van der Waals surface area contributed by atoms with Gasteiger partial charge in [0.15, 0.2) is 0 Å². The van der Waals surface area contributed by atoms with Gasteiger partial charge in [0, 0.05) is 25.3 Å². The second-order valence-corrected chi connectivity index (χ2v) is 4.29. The van der Waals surface area contributed by atoms with Crippen LogP contribution in [0.25, 0.3) is 0 Å². The predicted molar refractivity (Wildman–Crippen MR) is 70.8 cm³/mol. The van der Waals surface area contributed by atoms with Crippen LogP contribution in [0.4, 0.5) is 0 Å². The zero-order valence-electron chi connectivity index (χ0n) is 11.7. The Morgan fingerprint density at radius 1 is 1.00 bits per heavy atom. The van der Waals surface area contributed by atoms with E-state index in [0.717, 1.165) is 0 Å². The van der Waals surface area contributed by atoms with E-state index in [1.165, 1.54) is 12.2 Å². The van der Waals surface area contributed by atoms with Crippen LogP contribution in [0.2, 0.25) is 0 Å². The molecule has 0 saturated carbocycles. The van der Waals surface area contributed by atoms with Crippen LogP contribution in [0.1, 0.15) is 39.5 Å². The lowest BCUT2D eigenvalue weighted by Crippen LogP contribution is -2.15. The summed E-state index contributed by atoms with van der Waals surface area (Å²) < 4.78 is 9.91. The summed E-state index contributed by atoms with van der Waals surface area (Å²) in [6.07, 6.45) is 3.99. The predicted octanol–water partition coefficient (Wildman–Crippen LogP) is 1.36. The minimum absolute atomic E-state index is 0.0583. The van der Waals surface area contributed by atoms with Crippen molar-refractivity contribution in [2.75, 3.05) is 0 Å². The number of aldehydes is 2. The quantitative estimate of drug-likeness (QED) is 0.342. The number of rotatable bonds is 10. The SMILES string of the molecule is C[C@@H](CC=O)OC(=O)/C=C/C[C@H](C)OC(=O)CCC=O. The van der Waals surface area contributed by atoms with Crippen molar-refractivity contribution in [1.29, 1.82) is 0 Å². The summed E-state index contributed by atoms with van der Waals surface area (Å²) in [7, 11) is 0. The van der Waals surface area contributed by atoms with E-state index in [9.17, 15) is 19.2 Å². The summed E-state index contributed by atoms with van der Waals surface area (Å²) >= 11 is 0.